The van der Waals surface area contributed by atoms with Crippen LogP contribution < -0.4 is 5.32 Å². The van der Waals surface area contributed by atoms with E-state index in [1.165, 1.54) is 0 Å². The van der Waals surface area contributed by atoms with Crippen molar-refractivity contribution in [2.24, 2.45) is 0 Å². The van der Waals surface area contributed by atoms with Gasteiger partial charge in [-0.3, -0.25) is 4.90 Å². The quantitative estimate of drug-likeness (QED) is 0.807. The van der Waals surface area contributed by atoms with Gasteiger partial charge in [0, 0.05) is 26.2 Å². The molecule has 0 aromatic heterocycles. The first-order chi connectivity index (χ1) is 9.15. The van der Waals surface area contributed by atoms with Crippen LogP contribution in [0, 0.1) is 0 Å². The summed E-state index contributed by atoms with van der Waals surface area (Å²) < 4.78 is 10.8. The second-order valence-corrected chi connectivity index (χ2v) is 6.51. The molecule has 1 aliphatic heterocycles. The number of aliphatic hydroxyl groups excluding tert-OH is 1. The van der Waals surface area contributed by atoms with Gasteiger partial charge in [0.2, 0.25) is 0 Å². The predicted molar refractivity (Wildman–Crippen MR) is 76.7 cm³/mol. The van der Waals surface area contributed by atoms with E-state index in [2.05, 4.69) is 10.2 Å². The number of hydrogen-bond acceptors (Lipinski definition) is 5. The zero-order valence-corrected chi connectivity index (χ0v) is 13.2. The summed E-state index contributed by atoms with van der Waals surface area (Å²) in [7, 11) is 0. The van der Waals surface area contributed by atoms with E-state index >= 15 is 0 Å². The van der Waals surface area contributed by atoms with Gasteiger partial charge < -0.3 is 19.9 Å². The third kappa shape index (κ3) is 7.07. The highest BCUT2D eigenvalue weighted by Crippen LogP contribution is 2.11. The minimum atomic E-state index is -0.611. The lowest BCUT2D eigenvalue weighted by molar-refractivity contribution is -0.0762. The number of nitrogens with one attached hydrogen (secondary N) is 1. The molecule has 1 saturated heterocycles. The molecule has 0 saturated carbocycles. The van der Waals surface area contributed by atoms with Crippen LogP contribution in [0.3, 0.4) is 0 Å². The number of amides is 1. The van der Waals surface area contributed by atoms with E-state index in [-0.39, 0.29) is 18.8 Å². The molecule has 1 rings (SSSR count). The van der Waals surface area contributed by atoms with Crippen LogP contribution >= 0.6 is 0 Å². The van der Waals surface area contributed by atoms with Crippen molar-refractivity contribution < 1.29 is 19.4 Å². The second-order valence-electron chi connectivity index (χ2n) is 6.51. The number of nitrogens with zero attached hydrogens (tertiary/aromatic N) is 1. The average molecular weight is 288 g/mol. The summed E-state index contributed by atoms with van der Waals surface area (Å²) >= 11 is 0. The number of rotatable bonds is 4. The Morgan fingerprint density at radius 2 is 1.95 bits per heavy atom. The number of carbonyl (C=O) groups is 1. The van der Waals surface area contributed by atoms with Gasteiger partial charge in [-0.25, -0.2) is 4.79 Å². The fourth-order valence-electron chi connectivity index (χ4n) is 2.31. The Hall–Kier alpha value is -0.850. The van der Waals surface area contributed by atoms with Crippen molar-refractivity contribution in [3.05, 3.63) is 0 Å². The lowest BCUT2D eigenvalue weighted by Crippen LogP contribution is -2.49. The third-order valence-corrected chi connectivity index (χ3v) is 2.85. The van der Waals surface area contributed by atoms with Gasteiger partial charge in [0.05, 0.1) is 18.3 Å². The van der Waals surface area contributed by atoms with Crippen LogP contribution in [0.15, 0.2) is 0 Å². The zero-order valence-electron chi connectivity index (χ0n) is 13.2. The molecule has 1 aliphatic rings. The summed E-state index contributed by atoms with van der Waals surface area (Å²) in [5, 5.41) is 12.6. The van der Waals surface area contributed by atoms with Crippen LogP contribution in [0.4, 0.5) is 4.79 Å². The van der Waals surface area contributed by atoms with Crippen molar-refractivity contribution in [2.75, 3.05) is 26.2 Å². The fourth-order valence-corrected chi connectivity index (χ4v) is 2.31. The summed E-state index contributed by atoms with van der Waals surface area (Å²) in [5.74, 6) is 0. The standard InChI is InChI=1S/C14H28N2O4/c1-10-7-16(8-11(2)19-10)9-12(17)6-15-13(18)20-14(3,4)5/h10-12,17H,6-9H2,1-5H3,(H,15,18)/t10-,11+,12?. The van der Waals surface area contributed by atoms with Crippen LogP contribution in [-0.2, 0) is 9.47 Å². The van der Waals surface area contributed by atoms with Crippen LogP contribution in [0.1, 0.15) is 34.6 Å². The highest BCUT2D eigenvalue weighted by atomic mass is 16.6. The summed E-state index contributed by atoms with van der Waals surface area (Å²) in [6.07, 6.45) is -0.769. The molecular weight excluding hydrogens is 260 g/mol. The summed E-state index contributed by atoms with van der Waals surface area (Å²) in [4.78, 5) is 13.6. The molecule has 0 aliphatic carbocycles. The zero-order chi connectivity index (χ0) is 15.3. The normalized spacial score (nSPS) is 26.1. The highest BCUT2D eigenvalue weighted by Gasteiger charge is 2.24. The van der Waals surface area contributed by atoms with Gasteiger partial charge >= 0.3 is 6.09 Å². The number of β-amino-alcohol motifs (C(OH)–C–C–N with tert-alkyl or cyclic N) is 1. The van der Waals surface area contributed by atoms with Crippen LogP contribution in [-0.4, -0.2) is 66.2 Å². The number of morpholine rings is 1. The minimum Gasteiger partial charge on any atom is -0.444 e. The molecule has 0 aromatic rings. The number of ether oxygens (including phenoxy) is 2. The van der Waals surface area contributed by atoms with E-state index < -0.39 is 17.8 Å². The SMILES string of the molecule is C[C@@H]1CN(CC(O)CNC(=O)OC(C)(C)C)C[C@H](C)O1. The first-order valence-corrected chi connectivity index (χ1v) is 7.18. The molecule has 0 aromatic carbocycles. The van der Waals surface area contributed by atoms with E-state index in [1.807, 2.05) is 13.8 Å². The molecule has 2 N–H and O–H groups in total. The summed E-state index contributed by atoms with van der Waals surface area (Å²) in [6.45, 7) is 11.8. The van der Waals surface area contributed by atoms with E-state index in [0.29, 0.717) is 6.54 Å². The molecule has 1 unspecified atom stereocenters. The predicted octanol–water partition coefficient (Wildman–Crippen LogP) is 0.981. The Bertz CT molecular complexity index is 307. The van der Waals surface area contributed by atoms with Gasteiger partial charge in [-0.15, -0.1) is 0 Å². The van der Waals surface area contributed by atoms with Crippen LogP contribution in [0.25, 0.3) is 0 Å². The Morgan fingerprint density at radius 3 is 2.45 bits per heavy atom. The average Bonchev–Trinajstić information content (AvgIpc) is 2.22. The number of alkyl carbamates (subject to hydrolysis) is 1. The highest BCUT2D eigenvalue weighted by molar-refractivity contribution is 5.67. The molecule has 1 heterocycles. The smallest absolute Gasteiger partial charge is 0.407 e. The Morgan fingerprint density at radius 1 is 1.40 bits per heavy atom. The number of aliphatic hydroxyl groups is 1. The summed E-state index contributed by atoms with van der Waals surface area (Å²) in [5.41, 5.74) is -0.524. The largest absolute Gasteiger partial charge is 0.444 e. The molecule has 20 heavy (non-hydrogen) atoms. The Labute approximate surface area is 121 Å². The maximum Gasteiger partial charge on any atom is 0.407 e. The lowest BCUT2D eigenvalue weighted by atomic mass is 10.2. The van der Waals surface area contributed by atoms with Gasteiger partial charge in [-0.2, -0.15) is 0 Å². The first-order valence-electron chi connectivity index (χ1n) is 7.18. The van der Waals surface area contributed by atoms with Crippen molar-refractivity contribution in [1.29, 1.82) is 0 Å². The maximum absolute atomic E-state index is 11.5. The maximum atomic E-state index is 11.5. The number of carbonyl (C=O) groups excluding carboxylic acids is 1. The van der Waals surface area contributed by atoms with Crippen molar-refractivity contribution in [1.82, 2.24) is 10.2 Å². The summed E-state index contributed by atoms with van der Waals surface area (Å²) in [6, 6.07) is 0. The molecule has 1 fully saturated rings. The molecular formula is C14H28N2O4. The lowest BCUT2D eigenvalue weighted by Gasteiger charge is -2.36. The molecule has 0 bridgehead atoms. The van der Waals surface area contributed by atoms with Gasteiger partial charge in [-0.1, -0.05) is 0 Å². The molecule has 3 atom stereocenters. The van der Waals surface area contributed by atoms with Crippen molar-refractivity contribution in [3.8, 4) is 0 Å². The van der Waals surface area contributed by atoms with Gasteiger partial charge in [0.25, 0.3) is 0 Å². The topological polar surface area (TPSA) is 71.0 Å². The van der Waals surface area contributed by atoms with E-state index in [0.717, 1.165) is 13.1 Å². The van der Waals surface area contributed by atoms with Crippen molar-refractivity contribution in [2.45, 2.75) is 58.5 Å². The van der Waals surface area contributed by atoms with Crippen LogP contribution in [0.2, 0.25) is 0 Å². The van der Waals surface area contributed by atoms with Gasteiger partial charge in [-0.05, 0) is 34.6 Å². The Balaban J connectivity index is 2.26. The molecule has 1 amide bonds. The first kappa shape index (κ1) is 17.2. The molecule has 6 nitrogen and oxygen atoms in total. The molecule has 0 spiro atoms. The van der Waals surface area contributed by atoms with E-state index in [1.54, 1.807) is 20.8 Å². The fraction of sp³-hybridized carbons (Fsp3) is 0.929. The molecule has 118 valence electrons. The van der Waals surface area contributed by atoms with Crippen molar-refractivity contribution >= 4 is 6.09 Å². The van der Waals surface area contributed by atoms with Gasteiger partial charge in [0.15, 0.2) is 0 Å². The third-order valence-electron chi connectivity index (χ3n) is 2.85. The van der Waals surface area contributed by atoms with E-state index in [4.69, 9.17) is 9.47 Å². The minimum absolute atomic E-state index is 0.171. The van der Waals surface area contributed by atoms with E-state index in [9.17, 15) is 9.90 Å². The van der Waals surface area contributed by atoms with Crippen molar-refractivity contribution in [3.63, 3.8) is 0 Å². The van der Waals surface area contributed by atoms with Crippen LogP contribution in [0.5, 0.6) is 0 Å². The number of hydrogen-bond donors (Lipinski definition) is 2. The van der Waals surface area contributed by atoms with Gasteiger partial charge in [0.1, 0.15) is 5.60 Å². The molecule has 0 radical (unpaired) electrons. The molecule has 6 heteroatoms. The second kappa shape index (κ2) is 7.24. The Kier molecular flexibility index (Phi) is 6.23. The monoisotopic (exact) mass is 288 g/mol.